The third-order valence-corrected chi connectivity index (χ3v) is 3.39. The first-order chi connectivity index (χ1) is 11.3. The maximum absolute atomic E-state index is 13.1. The molecule has 0 radical (unpaired) electrons. The van der Waals surface area contributed by atoms with Gasteiger partial charge in [-0.15, -0.1) is 0 Å². The van der Waals surface area contributed by atoms with Crippen LogP contribution in [-0.4, -0.2) is 17.2 Å². The van der Waals surface area contributed by atoms with Gasteiger partial charge in [0.25, 0.3) is 0 Å². The summed E-state index contributed by atoms with van der Waals surface area (Å²) in [4.78, 5) is 11.8. The molecule has 0 bridgehead atoms. The Hall–Kier alpha value is -2.18. The van der Waals surface area contributed by atoms with Crippen LogP contribution < -0.4 is 10.6 Å². The zero-order valence-electron chi connectivity index (χ0n) is 13.1. The summed E-state index contributed by atoms with van der Waals surface area (Å²) in [5, 5.41) is 6.19. The summed E-state index contributed by atoms with van der Waals surface area (Å²) >= 11 is 10.9. The number of esters is 1. The van der Waals surface area contributed by atoms with Gasteiger partial charge in [0.15, 0.2) is 5.11 Å². The molecule has 0 heterocycles. The van der Waals surface area contributed by atoms with Crippen molar-refractivity contribution in [3.63, 3.8) is 0 Å². The first-order valence-electron chi connectivity index (χ1n) is 7.19. The number of carbonyl (C=O) groups excluding carboxylic acids is 1. The van der Waals surface area contributed by atoms with Gasteiger partial charge in [-0.25, -0.2) is 9.18 Å². The topological polar surface area (TPSA) is 50.4 Å². The third kappa shape index (κ3) is 5.18. The van der Waals surface area contributed by atoms with Crippen molar-refractivity contribution in [1.29, 1.82) is 0 Å². The van der Waals surface area contributed by atoms with Crippen LogP contribution in [0.2, 0.25) is 5.02 Å². The summed E-state index contributed by atoms with van der Waals surface area (Å²) in [7, 11) is 0. The van der Waals surface area contributed by atoms with Gasteiger partial charge in [-0.2, -0.15) is 0 Å². The molecule has 0 amide bonds. The average molecular weight is 367 g/mol. The second-order valence-electron chi connectivity index (χ2n) is 5.24. The number of nitrogens with one attached hydrogen (secondary N) is 2. The summed E-state index contributed by atoms with van der Waals surface area (Å²) < 4.78 is 18.2. The lowest BCUT2D eigenvalue weighted by molar-refractivity contribution is 0.0378. The van der Waals surface area contributed by atoms with Gasteiger partial charge in [0.2, 0.25) is 0 Å². The Kier molecular flexibility index (Phi) is 6.11. The smallest absolute Gasteiger partial charge is 0.338 e. The van der Waals surface area contributed by atoms with E-state index >= 15 is 0 Å². The largest absolute Gasteiger partial charge is 0.459 e. The van der Waals surface area contributed by atoms with Crippen LogP contribution in [-0.2, 0) is 4.74 Å². The Morgan fingerprint density at radius 3 is 2.29 bits per heavy atom. The molecular formula is C17H16ClFN2O2S. The Morgan fingerprint density at radius 2 is 1.71 bits per heavy atom. The number of hydrogen-bond acceptors (Lipinski definition) is 3. The van der Waals surface area contributed by atoms with Gasteiger partial charge in [0.05, 0.1) is 16.7 Å². The molecule has 24 heavy (non-hydrogen) atoms. The molecule has 0 spiro atoms. The number of thiocarbonyl (C=S) groups is 1. The number of carbonyl (C=O) groups is 1. The number of anilines is 2. The van der Waals surface area contributed by atoms with E-state index in [2.05, 4.69) is 10.6 Å². The van der Waals surface area contributed by atoms with Crippen LogP contribution in [0.1, 0.15) is 24.2 Å². The van der Waals surface area contributed by atoms with E-state index in [9.17, 15) is 9.18 Å². The molecule has 0 fully saturated rings. The zero-order chi connectivity index (χ0) is 17.7. The quantitative estimate of drug-likeness (QED) is 0.598. The van der Waals surface area contributed by atoms with Gasteiger partial charge in [-0.05, 0) is 68.5 Å². The minimum atomic E-state index is -0.495. The number of hydrogen-bond donors (Lipinski definition) is 2. The summed E-state index contributed by atoms with van der Waals surface area (Å²) in [6, 6.07) is 10.9. The van der Waals surface area contributed by atoms with E-state index in [-0.39, 0.29) is 17.1 Å². The minimum absolute atomic E-state index is 0.0100. The van der Waals surface area contributed by atoms with E-state index in [1.54, 1.807) is 38.1 Å². The molecule has 2 aromatic carbocycles. The maximum atomic E-state index is 13.1. The van der Waals surface area contributed by atoms with Crippen molar-refractivity contribution in [1.82, 2.24) is 0 Å². The van der Waals surface area contributed by atoms with Gasteiger partial charge >= 0.3 is 5.97 Å². The zero-order valence-corrected chi connectivity index (χ0v) is 14.7. The van der Waals surface area contributed by atoms with Crippen molar-refractivity contribution in [2.45, 2.75) is 20.0 Å². The Morgan fingerprint density at radius 1 is 1.12 bits per heavy atom. The standard InChI is InChI=1S/C17H16ClFN2O2S/c1-10(2)23-16(22)11-3-5-12(6-4-11)20-17(24)21-13-7-8-15(19)14(18)9-13/h3-10H,1-2H3,(H2,20,21,24). The predicted molar refractivity (Wildman–Crippen MR) is 98.2 cm³/mol. The van der Waals surface area contributed by atoms with Crippen LogP contribution in [0.4, 0.5) is 15.8 Å². The van der Waals surface area contributed by atoms with Gasteiger partial charge < -0.3 is 15.4 Å². The van der Waals surface area contributed by atoms with E-state index in [1.165, 1.54) is 18.2 Å². The SMILES string of the molecule is CC(C)OC(=O)c1ccc(NC(=S)Nc2ccc(F)c(Cl)c2)cc1. The summed E-state index contributed by atoms with van der Waals surface area (Å²) in [5.74, 6) is -0.872. The van der Waals surface area contributed by atoms with Crippen LogP contribution in [0.25, 0.3) is 0 Å². The maximum Gasteiger partial charge on any atom is 0.338 e. The Bertz CT molecular complexity index is 751. The lowest BCUT2D eigenvalue weighted by atomic mass is 10.2. The fourth-order valence-electron chi connectivity index (χ4n) is 1.84. The molecule has 0 aliphatic rings. The molecule has 0 saturated heterocycles. The minimum Gasteiger partial charge on any atom is -0.459 e. The molecule has 7 heteroatoms. The van der Waals surface area contributed by atoms with Crippen molar-refractivity contribution >= 4 is 46.3 Å². The predicted octanol–water partition coefficient (Wildman–Crippen LogP) is 4.85. The van der Waals surface area contributed by atoms with Gasteiger partial charge in [-0.1, -0.05) is 11.6 Å². The normalized spacial score (nSPS) is 10.4. The fourth-order valence-corrected chi connectivity index (χ4v) is 2.26. The van der Waals surface area contributed by atoms with E-state index in [4.69, 9.17) is 28.6 Å². The van der Waals surface area contributed by atoms with E-state index in [0.29, 0.717) is 22.1 Å². The van der Waals surface area contributed by atoms with Gasteiger partial charge in [0, 0.05) is 11.4 Å². The molecule has 0 atom stereocenters. The molecule has 0 unspecified atom stereocenters. The van der Waals surface area contributed by atoms with Crippen LogP contribution in [0.5, 0.6) is 0 Å². The van der Waals surface area contributed by atoms with Gasteiger partial charge in [0.1, 0.15) is 5.82 Å². The lowest BCUT2D eigenvalue weighted by Crippen LogP contribution is -2.19. The second-order valence-corrected chi connectivity index (χ2v) is 6.05. The molecule has 2 N–H and O–H groups in total. The molecule has 2 aromatic rings. The van der Waals surface area contributed by atoms with E-state index in [1.807, 2.05) is 0 Å². The highest BCUT2D eigenvalue weighted by Gasteiger charge is 2.09. The van der Waals surface area contributed by atoms with Gasteiger partial charge in [-0.3, -0.25) is 0 Å². The van der Waals surface area contributed by atoms with Crippen LogP contribution in [0, 0.1) is 5.82 Å². The number of rotatable bonds is 4. The Balaban J connectivity index is 1.96. The van der Waals surface area contributed by atoms with Crippen molar-refractivity contribution in [2.24, 2.45) is 0 Å². The van der Waals surface area contributed by atoms with E-state index in [0.717, 1.165) is 0 Å². The second kappa shape index (κ2) is 8.08. The first kappa shape index (κ1) is 18.2. The molecule has 0 aromatic heterocycles. The van der Waals surface area contributed by atoms with E-state index < -0.39 is 5.82 Å². The van der Waals surface area contributed by atoms with Crippen molar-refractivity contribution < 1.29 is 13.9 Å². The first-order valence-corrected chi connectivity index (χ1v) is 7.98. The fraction of sp³-hybridized carbons (Fsp3) is 0.176. The Labute approximate surface area is 150 Å². The van der Waals surface area contributed by atoms with Crippen molar-refractivity contribution in [2.75, 3.05) is 10.6 Å². The number of ether oxygens (including phenoxy) is 1. The molecule has 4 nitrogen and oxygen atoms in total. The van der Waals surface area contributed by atoms with Crippen molar-refractivity contribution in [3.8, 4) is 0 Å². The monoisotopic (exact) mass is 366 g/mol. The molecule has 0 saturated carbocycles. The highest BCUT2D eigenvalue weighted by Crippen LogP contribution is 2.19. The van der Waals surface area contributed by atoms with Crippen LogP contribution in [0.15, 0.2) is 42.5 Å². The number of halogens is 2. The third-order valence-electron chi connectivity index (χ3n) is 2.90. The molecular weight excluding hydrogens is 351 g/mol. The summed E-state index contributed by atoms with van der Waals surface area (Å²) in [6.45, 7) is 3.58. The summed E-state index contributed by atoms with van der Waals surface area (Å²) in [6.07, 6.45) is -0.172. The lowest BCUT2D eigenvalue weighted by Gasteiger charge is -2.12. The summed E-state index contributed by atoms with van der Waals surface area (Å²) in [5.41, 5.74) is 1.72. The molecule has 0 aliphatic heterocycles. The average Bonchev–Trinajstić information content (AvgIpc) is 2.51. The van der Waals surface area contributed by atoms with Crippen LogP contribution in [0.3, 0.4) is 0 Å². The highest BCUT2D eigenvalue weighted by molar-refractivity contribution is 7.80. The highest BCUT2D eigenvalue weighted by atomic mass is 35.5. The van der Waals surface area contributed by atoms with Crippen LogP contribution >= 0.6 is 23.8 Å². The number of benzene rings is 2. The molecule has 2 rings (SSSR count). The molecule has 126 valence electrons. The van der Waals surface area contributed by atoms with Crippen molar-refractivity contribution in [3.05, 3.63) is 58.9 Å². The molecule has 0 aliphatic carbocycles.